The van der Waals surface area contributed by atoms with Gasteiger partial charge in [-0.3, -0.25) is 4.72 Å². The average Bonchev–Trinajstić information content (AvgIpc) is 2.30. The molecule has 0 radical (unpaired) electrons. The van der Waals surface area contributed by atoms with E-state index in [1.165, 1.54) is 17.5 Å². The van der Waals surface area contributed by atoms with Gasteiger partial charge in [0.05, 0.1) is 16.4 Å². The first kappa shape index (κ1) is 15.7. The van der Waals surface area contributed by atoms with Gasteiger partial charge in [0.1, 0.15) is 5.15 Å². The summed E-state index contributed by atoms with van der Waals surface area (Å²) in [5.41, 5.74) is 0.370. The molecule has 0 saturated heterocycles. The second-order valence-corrected chi connectivity index (χ2v) is 6.77. The maximum atomic E-state index is 11.9. The van der Waals surface area contributed by atoms with E-state index in [1.807, 2.05) is 6.92 Å². The molecule has 0 unspecified atom stereocenters. The molecular formula is C10H15BrClN3O2S. The van der Waals surface area contributed by atoms with Crippen molar-refractivity contribution in [3.8, 4) is 0 Å². The molecule has 1 aromatic rings. The van der Waals surface area contributed by atoms with Crippen LogP contribution in [0, 0.1) is 0 Å². The van der Waals surface area contributed by atoms with Crippen LogP contribution in [0.25, 0.3) is 0 Å². The Labute approximate surface area is 121 Å². The number of halogens is 2. The number of pyridine rings is 1. The minimum Gasteiger partial charge on any atom is -0.269 e. The number of aromatic nitrogens is 1. The number of anilines is 1. The predicted molar refractivity (Wildman–Crippen MR) is 77.0 cm³/mol. The standard InChI is InChI=1S/C10H15BrClN3O2S/c1-3-4-5-15(2)18(16,17)14-8-6-9(11)10(12)13-7-8/h6-7,14H,3-5H2,1-2H3. The van der Waals surface area contributed by atoms with Gasteiger partial charge in [0.25, 0.3) is 0 Å². The fourth-order valence-corrected chi connectivity index (χ4v) is 2.59. The summed E-state index contributed by atoms with van der Waals surface area (Å²) in [7, 11) is -2.00. The maximum Gasteiger partial charge on any atom is 0.301 e. The molecule has 1 rings (SSSR count). The first-order valence-corrected chi connectivity index (χ1v) is 8.03. The largest absolute Gasteiger partial charge is 0.301 e. The van der Waals surface area contributed by atoms with Crippen molar-refractivity contribution >= 4 is 43.4 Å². The number of nitrogens with zero attached hydrogens (tertiary/aromatic N) is 2. The van der Waals surface area contributed by atoms with E-state index in [-0.39, 0.29) is 5.15 Å². The van der Waals surface area contributed by atoms with E-state index in [1.54, 1.807) is 6.07 Å². The molecule has 0 aliphatic carbocycles. The zero-order valence-electron chi connectivity index (χ0n) is 10.2. The smallest absolute Gasteiger partial charge is 0.269 e. The summed E-state index contributed by atoms with van der Waals surface area (Å²) in [6, 6.07) is 1.57. The van der Waals surface area contributed by atoms with Crippen molar-refractivity contribution in [1.82, 2.24) is 9.29 Å². The van der Waals surface area contributed by atoms with E-state index >= 15 is 0 Å². The molecule has 1 heterocycles. The zero-order chi connectivity index (χ0) is 13.8. The Morgan fingerprint density at radius 2 is 2.22 bits per heavy atom. The van der Waals surface area contributed by atoms with E-state index in [2.05, 4.69) is 25.6 Å². The molecule has 1 aromatic heterocycles. The van der Waals surface area contributed by atoms with Gasteiger partial charge in [-0.1, -0.05) is 24.9 Å². The summed E-state index contributed by atoms with van der Waals surface area (Å²) in [5, 5.41) is 0.289. The second kappa shape index (κ2) is 6.70. The van der Waals surface area contributed by atoms with Gasteiger partial charge in [0.15, 0.2) is 0 Å². The highest BCUT2D eigenvalue weighted by Crippen LogP contribution is 2.23. The van der Waals surface area contributed by atoms with Gasteiger partial charge in [-0.25, -0.2) is 4.98 Å². The Kier molecular flexibility index (Phi) is 5.84. The van der Waals surface area contributed by atoms with Crippen LogP contribution in [-0.2, 0) is 10.2 Å². The molecule has 0 saturated carbocycles. The highest BCUT2D eigenvalue weighted by molar-refractivity contribution is 9.10. The van der Waals surface area contributed by atoms with E-state index in [4.69, 9.17) is 11.6 Å². The molecule has 102 valence electrons. The zero-order valence-corrected chi connectivity index (χ0v) is 13.3. The summed E-state index contributed by atoms with van der Waals surface area (Å²) in [6.07, 6.45) is 3.13. The summed E-state index contributed by atoms with van der Waals surface area (Å²) in [5.74, 6) is 0. The number of hydrogen-bond donors (Lipinski definition) is 1. The van der Waals surface area contributed by atoms with E-state index in [9.17, 15) is 8.42 Å². The molecule has 18 heavy (non-hydrogen) atoms. The Morgan fingerprint density at radius 3 is 2.78 bits per heavy atom. The molecule has 0 aliphatic rings. The van der Waals surface area contributed by atoms with Crippen molar-refractivity contribution in [2.24, 2.45) is 0 Å². The first-order chi connectivity index (χ1) is 8.36. The third-order valence-electron chi connectivity index (χ3n) is 2.28. The van der Waals surface area contributed by atoms with Gasteiger partial charge in [0, 0.05) is 13.6 Å². The van der Waals surface area contributed by atoms with Gasteiger partial charge in [0.2, 0.25) is 0 Å². The molecule has 0 aliphatic heterocycles. The molecule has 5 nitrogen and oxygen atoms in total. The minimum absolute atomic E-state index is 0.289. The van der Waals surface area contributed by atoms with Gasteiger partial charge in [-0.05, 0) is 28.4 Å². The molecule has 8 heteroatoms. The molecule has 0 amide bonds. The second-order valence-electron chi connectivity index (χ2n) is 3.78. The third kappa shape index (κ3) is 4.38. The SMILES string of the molecule is CCCCN(C)S(=O)(=O)Nc1cnc(Cl)c(Br)c1. The van der Waals surface area contributed by atoms with Crippen molar-refractivity contribution in [2.75, 3.05) is 18.3 Å². The number of nitrogens with one attached hydrogen (secondary N) is 1. The Balaban J connectivity index is 2.78. The van der Waals surface area contributed by atoms with Gasteiger partial charge < -0.3 is 0 Å². The van der Waals surface area contributed by atoms with Crippen LogP contribution < -0.4 is 4.72 Å². The molecular weight excluding hydrogens is 342 g/mol. The van der Waals surface area contributed by atoms with Crippen molar-refractivity contribution in [3.63, 3.8) is 0 Å². The number of unbranched alkanes of at least 4 members (excludes halogenated alkanes) is 1. The number of rotatable bonds is 6. The molecule has 0 atom stereocenters. The highest BCUT2D eigenvalue weighted by Gasteiger charge is 2.17. The van der Waals surface area contributed by atoms with E-state index < -0.39 is 10.2 Å². The van der Waals surface area contributed by atoms with Crippen molar-refractivity contribution in [3.05, 3.63) is 21.9 Å². The maximum absolute atomic E-state index is 11.9. The monoisotopic (exact) mass is 355 g/mol. The van der Waals surface area contributed by atoms with Crippen molar-refractivity contribution in [1.29, 1.82) is 0 Å². The normalized spacial score (nSPS) is 11.8. The molecule has 0 aromatic carbocycles. The van der Waals surface area contributed by atoms with Crippen LogP contribution in [0.2, 0.25) is 5.15 Å². The summed E-state index contributed by atoms with van der Waals surface area (Å²) in [4.78, 5) is 3.86. The Bertz CT molecular complexity index is 510. The lowest BCUT2D eigenvalue weighted by molar-refractivity contribution is 0.463. The molecule has 0 spiro atoms. The van der Waals surface area contributed by atoms with Crippen LogP contribution in [-0.4, -0.2) is 31.3 Å². The first-order valence-electron chi connectivity index (χ1n) is 5.42. The van der Waals surface area contributed by atoms with Crippen LogP contribution in [0.1, 0.15) is 19.8 Å². The van der Waals surface area contributed by atoms with Gasteiger partial charge >= 0.3 is 10.2 Å². The summed E-state index contributed by atoms with van der Waals surface area (Å²) >= 11 is 8.93. The lowest BCUT2D eigenvalue weighted by Gasteiger charge is -2.17. The highest BCUT2D eigenvalue weighted by atomic mass is 79.9. The van der Waals surface area contributed by atoms with Gasteiger partial charge in [-0.2, -0.15) is 12.7 Å². The van der Waals surface area contributed by atoms with Crippen LogP contribution in [0.15, 0.2) is 16.7 Å². The van der Waals surface area contributed by atoms with E-state index in [0.29, 0.717) is 16.7 Å². The summed E-state index contributed by atoms with van der Waals surface area (Å²) < 4.78 is 28.1. The molecule has 1 N–H and O–H groups in total. The molecule has 0 bridgehead atoms. The molecule has 0 fully saturated rings. The van der Waals surface area contributed by atoms with Crippen LogP contribution in [0.4, 0.5) is 5.69 Å². The van der Waals surface area contributed by atoms with Gasteiger partial charge in [-0.15, -0.1) is 0 Å². The van der Waals surface area contributed by atoms with Crippen LogP contribution in [0.5, 0.6) is 0 Å². The lowest BCUT2D eigenvalue weighted by atomic mass is 10.3. The predicted octanol–water partition coefficient (Wildman–Crippen LogP) is 2.89. The van der Waals surface area contributed by atoms with Crippen LogP contribution >= 0.6 is 27.5 Å². The Morgan fingerprint density at radius 1 is 1.56 bits per heavy atom. The lowest BCUT2D eigenvalue weighted by Crippen LogP contribution is -2.33. The van der Waals surface area contributed by atoms with Crippen LogP contribution in [0.3, 0.4) is 0 Å². The average molecular weight is 357 g/mol. The van der Waals surface area contributed by atoms with Crippen molar-refractivity contribution in [2.45, 2.75) is 19.8 Å². The Hall–Kier alpha value is -0.370. The van der Waals surface area contributed by atoms with Crippen molar-refractivity contribution < 1.29 is 8.42 Å². The third-order valence-corrected chi connectivity index (χ3v) is 4.91. The fraction of sp³-hybridized carbons (Fsp3) is 0.500. The minimum atomic E-state index is -3.54. The quantitative estimate of drug-likeness (QED) is 0.797. The fourth-order valence-electron chi connectivity index (χ4n) is 1.20. The summed E-state index contributed by atoms with van der Waals surface area (Å²) in [6.45, 7) is 2.49. The topological polar surface area (TPSA) is 62.3 Å². The number of hydrogen-bond acceptors (Lipinski definition) is 3. The van der Waals surface area contributed by atoms with E-state index in [0.717, 1.165) is 12.8 Å².